The topological polar surface area (TPSA) is 461 Å². The van der Waals surface area contributed by atoms with Crippen molar-refractivity contribution < 1.29 is 9.90 Å². The molecule has 0 unspecified atom stereocenters. The summed E-state index contributed by atoms with van der Waals surface area (Å²) >= 11 is 0. The molecule has 0 atom stereocenters. The minimum Gasteiger partial charge on any atom is -0.480 e. The molecule has 0 heterocycles. The summed E-state index contributed by atoms with van der Waals surface area (Å²) in [5, 5.41) is 19.0. The number of hydrogen-bond donors (Lipinski definition) is 18. The smallest absolute Gasteiger partial charge is 0.319 e. The van der Waals surface area contributed by atoms with E-state index in [1.807, 2.05) is 27.7 Å². The van der Waals surface area contributed by atoms with Crippen LogP contribution >= 0.6 is 0 Å². The predicted molar refractivity (Wildman–Crippen MR) is 159 cm³/mol. The average Bonchev–Trinajstić information content (AvgIpc) is 2.94. The number of nitrogens with two attached hydrogens (primary N) is 11. The minimum absolute atomic E-state index is 0.0683. The van der Waals surface area contributed by atoms with Gasteiger partial charge in [0.05, 0.1) is 0 Å². The van der Waals surface area contributed by atoms with Gasteiger partial charge in [-0.3, -0.25) is 41.5 Å². The van der Waals surface area contributed by atoms with Crippen LogP contribution < -0.4 is 96.3 Å². The first-order valence-electron chi connectivity index (χ1n) is 11.2. The van der Waals surface area contributed by atoms with Gasteiger partial charge in [0.25, 0.3) is 0 Å². The van der Waals surface area contributed by atoms with Gasteiger partial charge in [0, 0.05) is 26.2 Å². The highest BCUT2D eigenvalue weighted by Crippen LogP contribution is 1.70. The molecule has 0 radical (unpaired) electrons. The normalized spacial score (nSPS) is 9.95. The van der Waals surface area contributed by atoms with Gasteiger partial charge in [-0.2, -0.15) is 0 Å². The molecule has 0 saturated carbocycles. The van der Waals surface area contributed by atoms with Crippen molar-refractivity contribution in [2.24, 2.45) is 89.0 Å². The van der Waals surface area contributed by atoms with E-state index in [1.54, 1.807) is 0 Å². The van der Waals surface area contributed by atoms with Gasteiger partial charge in [0.1, 0.15) is 6.54 Å². The molecule has 0 rings (SSSR count). The van der Waals surface area contributed by atoms with Gasteiger partial charge in [0.15, 0.2) is 0 Å². The highest BCUT2D eigenvalue weighted by atomic mass is 16.4. The van der Waals surface area contributed by atoms with Crippen LogP contribution in [0.25, 0.3) is 0 Å². The van der Waals surface area contributed by atoms with Crippen LogP contribution in [-0.4, -0.2) is 78.6 Å². The third-order valence-electron chi connectivity index (χ3n) is 2.79. The lowest BCUT2D eigenvalue weighted by Gasteiger charge is -2.12. The zero-order chi connectivity index (χ0) is 32.4. The summed E-state index contributed by atoms with van der Waals surface area (Å²) in [5.74, 6) is 29.3. The third kappa shape index (κ3) is 46.4. The van der Waals surface area contributed by atoms with Gasteiger partial charge in [-0.05, 0) is 27.7 Å². The highest BCUT2D eigenvalue weighted by Gasteiger charge is 1.94. The lowest BCUT2D eigenvalue weighted by atomic mass is 10.7. The Morgan fingerprint density at radius 2 is 1.35 bits per heavy atom. The van der Waals surface area contributed by atoms with Gasteiger partial charge >= 0.3 is 5.97 Å². The molecule has 238 valence electrons. The number of guanidine groups is 5. The van der Waals surface area contributed by atoms with Crippen molar-refractivity contribution in [3.8, 4) is 0 Å². The molecule has 25 heteroatoms. The Morgan fingerprint density at radius 3 is 1.55 bits per heavy atom. The molecule has 0 saturated heterocycles. The fraction of sp³-hybridized carbons (Fsp3) is 0.600. The van der Waals surface area contributed by atoms with Gasteiger partial charge in [0.2, 0.25) is 29.8 Å². The molecule has 29 N–H and O–H groups in total. The van der Waals surface area contributed by atoms with Gasteiger partial charge < -0.3 is 50.9 Å². The van der Waals surface area contributed by atoms with Gasteiger partial charge in [-0.1, -0.05) is 0 Å². The van der Waals surface area contributed by atoms with Crippen molar-refractivity contribution in [2.45, 2.75) is 27.7 Å². The fourth-order valence-electron chi connectivity index (χ4n) is 1.16. The minimum atomic E-state index is -1.00. The molecular weight excluding hydrogens is 534 g/mol. The lowest BCUT2D eigenvalue weighted by molar-refractivity contribution is -0.136. The number of rotatable bonds is 8. The van der Waals surface area contributed by atoms with E-state index in [2.05, 4.69) is 57.8 Å². The Balaban J connectivity index is -0.000000128. The standard InChI is InChI=1S/C3H9N5O2.2C3H11N5.2C3H10N4/c4-3(7-5)8-6-1-2(9)10;1-2-6-3(7-4)8-5;1-2-8(6)3(4)7-5;1-2-6-3(4)7-5;1-2-6-7-3(4)5/h6H,1,5H2,(H,9,10)(H3,4,7,8);2,4-5H2,1H3,(H2,6,7,8);2,5-6H2,1H3,(H2,4,7);2,5H2,1H3,(H3,4,6,7);6H,2H2,1H3,(H4,4,5,7). The van der Waals surface area contributed by atoms with Crippen LogP contribution in [0.2, 0.25) is 0 Å². The molecule has 0 aliphatic carbocycles. The molecule has 0 aromatic carbocycles. The Labute approximate surface area is 233 Å². The van der Waals surface area contributed by atoms with Crippen molar-refractivity contribution in [3.63, 3.8) is 0 Å². The number of aliphatic imine (C=N–C) groups is 2. The summed E-state index contributed by atoms with van der Waals surface area (Å²) in [6.07, 6.45) is 0. The van der Waals surface area contributed by atoms with E-state index in [0.29, 0.717) is 25.6 Å². The van der Waals surface area contributed by atoms with E-state index < -0.39 is 5.97 Å². The number of carboxylic acid groups (broad SMARTS) is 1. The first kappa shape index (κ1) is 45.0. The van der Waals surface area contributed by atoms with E-state index >= 15 is 0 Å². The lowest BCUT2D eigenvalue weighted by Crippen LogP contribution is -2.45. The predicted octanol–water partition coefficient (Wildman–Crippen LogP) is -8.42. The summed E-state index contributed by atoms with van der Waals surface area (Å²) in [5.41, 5.74) is 39.0. The van der Waals surface area contributed by atoms with E-state index in [0.717, 1.165) is 6.54 Å². The Kier molecular flexibility index (Phi) is 40.7. The molecular formula is C15H51N23O2. The van der Waals surface area contributed by atoms with Crippen LogP contribution in [0.15, 0.2) is 25.3 Å². The van der Waals surface area contributed by atoms with Crippen LogP contribution in [0.4, 0.5) is 0 Å². The second-order valence-corrected chi connectivity index (χ2v) is 5.82. The summed E-state index contributed by atoms with van der Waals surface area (Å²) in [4.78, 5) is 17.4. The molecule has 0 aliphatic rings. The monoisotopic (exact) mass is 585 g/mol. The molecule has 0 spiro atoms. The van der Waals surface area contributed by atoms with Crippen LogP contribution in [0.1, 0.15) is 27.7 Å². The molecule has 40 heavy (non-hydrogen) atoms. The number of carbonyl (C=O) groups is 1. The average molecular weight is 586 g/mol. The second kappa shape index (κ2) is 36.2. The molecule has 25 nitrogen and oxygen atoms in total. The summed E-state index contributed by atoms with van der Waals surface area (Å²) in [7, 11) is 0. The van der Waals surface area contributed by atoms with Crippen LogP contribution in [0.5, 0.6) is 0 Å². The first-order chi connectivity index (χ1) is 18.8. The molecule has 0 bridgehead atoms. The largest absolute Gasteiger partial charge is 0.480 e. The maximum Gasteiger partial charge on any atom is 0.319 e. The molecule has 0 aromatic rings. The maximum absolute atomic E-state index is 9.85. The number of carboxylic acids is 1. The van der Waals surface area contributed by atoms with Crippen molar-refractivity contribution in [2.75, 3.05) is 32.7 Å². The van der Waals surface area contributed by atoms with E-state index in [-0.39, 0.29) is 30.4 Å². The van der Waals surface area contributed by atoms with E-state index in [9.17, 15) is 4.79 Å². The molecule has 0 amide bonds. The zero-order valence-electron chi connectivity index (χ0n) is 23.4. The number of nitrogens with one attached hydrogen (secondary N) is 6. The molecule has 0 aromatic heterocycles. The highest BCUT2D eigenvalue weighted by molar-refractivity contribution is 5.78. The summed E-state index contributed by atoms with van der Waals surface area (Å²) < 4.78 is 0. The second-order valence-electron chi connectivity index (χ2n) is 5.82. The Hall–Kier alpha value is -4.98. The maximum atomic E-state index is 9.85. The third-order valence-corrected chi connectivity index (χ3v) is 2.79. The van der Waals surface area contributed by atoms with Crippen LogP contribution in [0, 0.1) is 0 Å². The van der Waals surface area contributed by atoms with Crippen molar-refractivity contribution in [1.82, 2.24) is 37.6 Å². The SMILES string of the molecule is CCN(N)C(N)=NN.CCN=C(N)NN.CCN=C(NN)NN.CCNN=C(N)N.N/N=C(/N)NNCC(=O)O. The number of hydrazine groups is 5. The van der Waals surface area contributed by atoms with E-state index in [1.165, 1.54) is 5.01 Å². The number of hydrogen-bond acceptors (Lipinski definition) is 14. The van der Waals surface area contributed by atoms with Crippen LogP contribution in [-0.2, 0) is 4.79 Å². The van der Waals surface area contributed by atoms with E-state index in [4.69, 9.17) is 68.8 Å². The van der Waals surface area contributed by atoms with Crippen molar-refractivity contribution >= 4 is 35.8 Å². The Bertz CT molecular complexity index is 713. The number of hydrazone groups is 3. The molecule has 0 aliphatic heterocycles. The van der Waals surface area contributed by atoms with Crippen LogP contribution in [0.3, 0.4) is 0 Å². The fourth-order valence-corrected chi connectivity index (χ4v) is 1.16. The Morgan fingerprint density at radius 1 is 0.825 bits per heavy atom. The number of nitrogens with zero attached hydrogens (tertiary/aromatic N) is 6. The number of aliphatic carboxylic acids is 1. The first-order valence-corrected chi connectivity index (χ1v) is 11.2. The van der Waals surface area contributed by atoms with Gasteiger partial charge in [-0.15, -0.1) is 15.3 Å². The van der Waals surface area contributed by atoms with Crippen molar-refractivity contribution in [3.05, 3.63) is 0 Å². The summed E-state index contributed by atoms with van der Waals surface area (Å²) in [6, 6.07) is 0. The quantitative estimate of drug-likeness (QED) is 0.0543. The molecule has 0 fully saturated rings. The van der Waals surface area contributed by atoms with Crippen molar-refractivity contribution in [1.29, 1.82) is 0 Å². The zero-order valence-corrected chi connectivity index (χ0v) is 23.4. The summed E-state index contributed by atoms with van der Waals surface area (Å²) in [6.45, 7) is 9.93. The van der Waals surface area contributed by atoms with Gasteiger partial charge in [-0.25, -0.2) is 28.8 Å².